The Morgan fingerprint density at radius 3 is 2.45 bits per heavy atom. The molecule has 4 nitrogen and oxygen atoms in total. The van der Waals surface area contributed by atoms with E-state index in [1.807, 2.05) is 6.92 Å². The molecule has 1 aromatic rings. The van der Waals surface area contributed by atoms with Crippen LogP contribution in [-0.4, -0.2) is 35.4 Å². The molecule has 0 saturated carbocycles. The second kappa shape index (κ2) is 7.48. The van der Waals surface area contributed by atoms with Gasteiger partial charge in [0, 0.05) is 19.3 Å². The summed E-state index contributed by atoms with van der Waals surface area (Å²) in [6.45, 7) is 3.51. The van der Waals surface area contributed by atoms with Crippen LogP contribution >= 0.6 is 24.8 Å². The van der Waals surface area contributed by atoms with Crippen LogP contribution < -0.4 is 5.73 Å². The molecule has 1 aliphatic rings. The molecule has 1 fully saturated rings. The first-order valence-corrected chi connectivity index (χ1v) is 6.28. The van der Waals surface area contributed by atoms with Crippen molar-refractivity contribution in [1.82, 2.24) is 9.88 Å². The molecule has 1 amide bonds. The summed E-state index contributed by atoms with van der Waals surface area (Å²) in [5, 5.41) is 0. The number of carbonyl (C=O) groups excluding carboxylic acids is 1. The van der Waals surface area contributed by atoms with Crippen molar-refractivity contribution in [3.05, 3.63) is 29.6 Å². The summed E-state index contributed by atoms with van der Waals surface area (Å²) in [5.41, 5.74) is 4.70. The maximum absolute atomic E-state index is 12.4. The smallest absolute Gasteiger partial charge is 0.337 e. The van der Waals surface area contributed by atoms with Crippen LogP contribution in [0.5, 0.6) is 0 Å². The molecule has 2 rings (SSSR count). The second-order valence-electron chi connectivity index (χ2n) is 5.42. The fourth-order valence-corrected chi connectivity index (χ4v) is 2.21. The lowest BCUT2D eigenvalue weighted by Gasteiger charge is -2.22. The van der Waals surface area contributed by atoms with Crippen molar-refractivity contribution in [2.24, 2.45) is 11.1 Å². The Morgan fingerprint density at radius 2 is 2.05 bits per heavy atom. The third-order valence-corrected chi connectivity index (χ3v) is 3.65. The average Bonchev–Trinajstić information content (AvgIpc) is 2.80. The van der Waals surface area contributed by atoms with Gasteiger partial charge in [-0.25, -0.2) is 0 Å². The van der Waals surface area contributed by atoms with Crippen LogP contribution in [0.1, 0.15) is 29.4 Å². The van der Waals surface area contributed by atoms with Crippen LogP contribution in [0.4, 0.5) is 13.2 Å². The first-order valence-electron chi connectivity index (χ1n) is 6.28. The number of rotatable bonds is 2. The van der Waals surface area contributed by atoms with Gasteiger partial charge in [0.1, 0.15) is 5.69 Å². The van der Waals surface area contributed by atoms with Crippen LogP contribution in [0.15, 0.2) is 18.3 Å². The van der Waals surface area contributed by atoms with Crippen molar-refractivity contribution in [1.29, 1.82) is 0 Å². The monoisotopic (exact) mass is 359 g/mol. The average molecular weight is 360 g/mol. The van der Waals surface area contributed by atoms with E-state index in [1.165, 1.54) is 0 Å². The van der Waals surface area contributed by atoms with Crippen LogP contribution in [-0.2, 0) is 6.18 Å². The maximum atomic E-state index is 12.4. The van der Waals surface area contributed by atoms with Gasteiger partial charge in [-0.15, -0.1) is 24.8 Å². The Hall–Kier alpha value is -1.05. The van der Waals surface area contributed by atoms with E-state index < -0.39 is 11.7 Å². The highest BCUT2D eigenvalue weighted by atomic mass is 35.5. The molecule has 0 bridgehead atoms. The number of aromatic nitrogens is 1. The molecule has 1 unspecified atom stereocenters. The Labute approximate surface area is 139 Å². The minimum atomic E-state index is -4.44. The molecule has 126 valence electrons. The third kappa shape index (κ3) is 4.47. The van der Waals surface area contributed by atoms with Crippen LogP contribution in [0.25, 0.3) is 0 Å². The highest BCUT2D eigenvalue weighted by Gasteiger charge is 2.36. The first kappa shape index (κ1) is 20.9. The van der Waals surface area contributed by atoms with E-state index in [-0.39, 0.29) is 41.8 Å². The van der Waals surface area contributed by atoms with Crippen molar-refractivity contribution in [2.75, 3.05) is 19.6 Å². The normalized spacial score (nSPS) is 21.0. The minimum Gasteiger partial charge on any atom is -0.337 e. The van der Waals surface area contributed by atoms with Gasteiger partial charge in [0.15, 0.2) is 0 Å². The highest BCUT2D eigenvalue weighted by Crippen LogP contribution is 2.30. The summed E-state index contributed by atoms with van der Waals surface area (Å²) in [7, 11) is 0. The largest absolute Gasteiger partial charge is 0.417 e. The highest BCUT2D eigenvalue weighted by molar-refractivity contribution is 5.92. The molecule has 2 N–H and O–H groups in total. The number of halogens is 5. The minimum absolute atomic E-state index is 0. The van der Waals surface area contributed by atoms with E-state index in [9.17, 15) is 18.0 Å². The zero-order valence-electron chi connectivity index (χ0n) is 11.9. The van der Waals surface area contributed by atoms with Crippen molar-refractivity contribution >= 4 is 30.7 Å². The van der Waals surface area contributed by atoms with Gasteiger partial charge in [-0.2, -0.15) is 13.2 Å². The first-order chi connectivity index (χ1) is 9.25. The molecule has 9 heteroatoms. The van der Waals surface area contributed by atoms with Crippen LogP contribution in [0.3, 0.4) is 0 Å². The predicted molar refractivity (Wildman–Crippen MR) is 81.4 cm³/mol. The molecule has 22 heavy (non-hydrogen) atoms. The summed E-state index contributed by atoms with van der Waals surface area (Å²) in [4.78, 5) is 17.4. The molecular weight excluding hydrogens is 342 g/mol. The lowest BCUT2D eigenvalue weighted by atomic mass is 9.90. The Kier molecular flexibility index (Phi) is 7.12. The van der Waals surface area contributed by atoms with E-state index in [2.05, 4.69) is 4.98 Å². The molecule has 2 heterocycles. The number of carbonyl (C=O) groups is 1. The summed E-state index contributed by atoms with van der Waals surface area (Å²) >= 11 is 0. The van der Waals surface area contributed by atoms with Crippen LogP contribution in [0.2, 0.25) is 0 Å². The summed E-state index contributed by atoms with van der Waals surface area (Å²) in [6.07, 6.45) is -2.97. The van der Waals surface area contributed by atoms with Gasteiger partial charge in [-0.1, -0.05) is 6.92 Å². The van der Waals surface area contributed by atoms with Crippen LogP contribution in [0, 0.1) is 5.41 Å². The lowest BCUT2D eigenvalue weighted by molar-refractivity contribution is -0.137. The zero-order valence-corrected chi connectivity index (χ0v) is 13.5. The predicted octanol–water partition coefficient (Wildman–Crippen LogP) is 2.75. The molecular formula is C13H18Cl2F3N3O. The van der Waals surface area contributed by atoms with Crippen molar-refractivity contribution in [2.45, 2.75) is 19.5 Å². The Morgan fingerprint density at radius 1 is 1.41 bits per heavy atom. The fourth-order valence-electron chi connectivity index (χ4n) is 2.21. The fraction of sp³-hybridized carbons (Fsp3) is 0.538. The number of alkyl halides is 3. The standard InChI is InChI=1S/C13H16F3N3O.2ClH/c1-12(7-17)4-5-19(8-12)11(20)10-3-2-9(6-18-10)13(14,15)16;;/h2-3,6H,4-5,7-8,17H2,1H3;2*1H. The van der Waals surface area contributed by atoms with E-state index in [1.54, 1.807) is 4.90 Å². The van der Waals surface area contributed by atoms with E-state index >= 15 is 0 Å². The third-order valence-electron chi connectivity index (χ3n) is 3.65. The van der Waals surface area contributed by atoms with Gasteiger partial charge in [0.25, 0.3) is 5.91 Å². The number of nitrogens with two attached hydrogens (primary N) is 1. The molecule has 1 aliphatic heterocycles. The number of amides is 1. The Balaban J connectivity index is 0.00000220. The summed E-state index contributed by atoms with van der Waals surface area (Å²) in [6, 6.07) is 1.99. The van der Waals surface area contributed by atoms with Gasteiger partial charge in [-0.05, 0) is 30.5 Å². The van der Waals surface area contributed by atoms with Gasteiger partial charge in [0.05, 0.1) is 5.56 Å². The molecule has 1 atom stereocenters. The maximum Gasteiger partial charge on any atom is 0.417 e. The number of nitrogens with zero attached hydrogens (tertiary/aromatic N) is 2. The number of hydrogen-bond acceptors (Lipinski definition) is 3. The number of hydrogen-bond donors (Lipinski definition) is 1. The summed E-state index contributed by atoms with van der Waals surface area (Å²) in [5.74, 6) is -0.351. The van der Waals surface area contributed by atoms with Crippen molar-refractivity contribution in [3.63, 3.8) is 0 Å². The Bertz CT molecular complexity index is 510. The van der Waals surface area contributed by atoms with Gasteiger partial charge in [0.2, 0.25) is 0 Å². The zero-order chi connectivity index (χ0) is 15.0. The van der Waals surface area contributed by atoms with E-state index in [4.69, 9.17) is 5.73 Å². The summed E-state index contributed by atoms with van der Waals surface area (Å²) < 4.78 is 37.3. The number of pyridine rings is 1. The van der Waals surface area contributed by atoms with E-state index in [0.29, 0.717) is 25.8 Å². The molecule has 0 aromatic carbocycles. The van der Waals surface area contributed by atoms with Crippen molar-refractivity contribution in [3.8, 4) is 0 Å². The topological polar surface area (TPSA) is 59.2 Å². The molecule has 0 spiro atoms. The molecule has 1 aromatic heterocycles. The van der Waals surface area contributed by atoms with Gasteiger partial charge >= 0.3 is 6.18 Å². The van der Waals surface area contributed by atoms with Crippen molar-refractivity contribution < 1.29 is 18.0 Å². The number of likely N-dealkylation sites (tertiary alicyclic amines) is 1. The SMILES string of the molecule is CC1(CN)CCN(C(=O)c2ccc(C(F)(F)F)cn2)C1.Cl.Cl. The molecule has 1 saturated heterocycles. The second-order valence-corrected chi connectivity index (χ2v) is 5.42. The quantitative estimate of drug-likeness (QED) is 0.882. The van der Waals surface area contributed by atoms with Gasteiger partial charge in [-0.3, -0.25) is 9.78 Å². The molecule has 0 radical (unpaired) electrons. The van der Waals surface area contributed by atoms with E-state index in [0.717, 1.165) is 18.6 Å². The lowest BCUT2D eigenvalue weighted by Crippen LogP contribution is -2.34. The van der Waals surface area contributed by atoms with Gasteiger partial charge < -0.3 is 10.6 Å². The molecule has 0 aliphatic carbocycles.